The van der Waals surface area contributed by atoms with Crippen LogP contribution >= 0.6 is 0 Å². The molecule has 2 atom stereocenters. The molecule has 5 nitrogen and oxygen atoms in total. The SMILES string of the molecule is CC1OCCC1(O)CNc1nc2ccccc2o1. The standard InChI is InChI=1S/C13H16N2O3/c1-9-13(16,6-7-17-9)8-14-12-15-10-4-2-3-5-11(10)18-12/h2-5,9,16H,6-8H2,1H3,(H,14,15). The zero-order chi connectivity index (χ0) is 12.6. The Balaban J connectivity index is 1.73. The molecule has 1 aliphatic rings. The van der Waals surface area contributed by atoms with Crippen molar-refractivity contribution in [2.45, 2.75) is 25.0 Å². The van der Waals surface area contributed by atoms with Gasteiger partial charge < -0.3 is 19.6 Å². The molecule has 1 fully saturated rings. The van der Waals surface area contributed by atoms with Gasteiger partial charge in [0, 0.05) is 13.0 Å². The van der Waals surface area contributed by atoms with Crippen molar-refractivity contribution in [3.05, 3.63) is 24.3 Å². The van der Waals surface area contributed by atoms with E-state index in [-0.39, 0.29) is 6.10 Å². The van der Waals surface area contributed by atoms with E-state index >= 15 is 0 Å². The lowest BCUT2D eigenvalue weighted by Crippen LogP contribution is -2.43. The number of hydrogen-bond acceptors (Lipinski definition) is 5. The second-order valence-electron chi connectivity index (χ2n) is 4.71. The van der Waals surface area contributed by atoms with E-state index in [4.69, 9.17) is 9.15 Å². The van der Waals surface area contributed by atoms with Gasteiger partial charge in [0.1, 0.15) is 11.1 Å². The first-order chi connectivity index (χ1) is 8.67. The van der Waals surface area contributed by atoms with Crippen LogP contribution in [0.15, 0.2) is 28.7 Å². The van der Waals surface area contributed by atoms with Gasteiger partial charge >= 0.3 is 0 Å². The van der Waals surface area contributed by atoms with Crippen molar-refractivity contribution in [3.8, 4) is 0 Å². The summed E-state index contributed by atoms with van der Waals surface area (Å²) in [6.45, 7) is 2.84. The van der Waals surface area contributed by atoms with Crippen LogP contribution in [0.4, 0.5) is 6.01 Å². The van der Waals surface area contributed by atoms with E-state index in [0.29, 0.717) is 25.6 Å². The third-order valence-corrected chi connectivity index (χ3v) is 3.50. The summed E-state index contributed by atoms with van der Waals surface area (Å²) in [5.41, 5.74) is 0.700. The normalized spacial score (nSPS) is 27.8. The van der Waals surface area contributed by atoms with Crippen molar-refractivity contribution in [1.29, 1.82) is 0 Å². The van der Waals surface area contributed by atoms with E-state index in [1.165, 1.54) is 0 Å². The molecule has 2 N–H and O–H groups in total. The van der Waals surface area contributed by atoms with Crippen LogP contribution < -0.4 is 5.32 Å². The Bertz CT molecular complexity index is 521. The molecule has 0 amide bonds. The number of oxazole rings is 1. The van der Waals surface area contributed by atoms with Crippen molar-refractivity contribution in [3.63, 3.8) is 0 Å². The Kier molecular flexibility index (Phi) is 2.72. The molecule has 0 bridgehead atoms. The quantitative estimate of drug-likeness (QED) is 0.866. The molecular formula is C13H16N2O3. The summed E-state index contributed by atoms with van der Waals surface area (Å²) in [4.78, 5) is 4.30. The molecule has 3 rings (SSSR count). The second-order valence-corrected chi connectivity index (χ2v) is 4.71. The molecule has 2 heterocycles. The zero-order valence-corrected chi connectivity index (χ0v) is 10.2. The minimum Gasteiger partial charge on any atom is -0.424 e. The van der Waals surface area contributed by atoms with E-state index in [1.54, 1.807) is 0 Å². The highest BCUT2D eigenvalue weighted by Gasteiger charge is 2.39. The molecule has 0 spiro atoms. The number of para-hydroxylation sites is 2. The van der Waals surface area contributed by atoms with Crippen LogP contribution in [0.25, 0.3) is 11.1 Å². The summed E-state index contributed by atoms with van der Waals surface area (Å²) < 4.78 is 10.9. The topological polar surface area (TPSA) is 67.5 Å². The van der Waals surface area contributed by atoms with Crippen molar-refractivity contribution in [2.24, 2.45) is 0 Å². The lowest BCUT2D eigenvalue weighted by molar-refractivity contribution is -0.0178. The number of nitrogens with one attached hydrogen (secondary N) is 1. The zero-order valence-electron chi connectivity index (χ0n) is 10.2. The van der Waals surface area contributed by atoms with Crippen molar-refractivity contribution in [2.75, 3.05) is 18.5 Å². The summed E-state index contributed by atoms with van der Waals surface area (Å²) in [7, 11) is 0. The Hall–Kier alpha value is -1.59. The number of fused-ring (bicyclic) bond motifs is 1. The van der Waals surface area contributed by atoms with Crippen LogP contribution in [-0.2, 0) is 4.74 Å². The van der Waals surface area contributed by atoms with Gasteiger partial charge in [-0.2, -0.15) is 4.98 Å². The Morgan fingerprint density at radius 1 is 1.50 bits per heavy atom. The summed E-state index contributed by atoms with van der Waals surface area (Å²) in [6.07, 6.45) is 0.455. The fourth-order valence-corrected chi connectivity index (χ4v) is 2.18. The van der Waals surface area contributed by atoms with Gasteiger partial charge in [-0.05, 0) is 19.1 Å². The summed E-state index contributed by atoms with van der Waals surface area (Å²) in [6, 6.07) is 8.00. The maximum Gasteiger partial charge on any atom is 0.295 e. The van der Waals surface area contributed by atoms with Crippen LogP contribution in [-0.4, -0.2) is 34.9 Å². The minimum atomic E-state index is -0.847. The molecule has 1 aromatic carbocycles. The molecule has 18 heavy (non-hydrogen) atoms. The van der Waals surface area contributed by atoms with E-state index in [0.717, 1.165) is 11.1 Å². The molecular weight excluding hydrogens is 232 g/mol. The first-order valence-electron chi connectivity index (χ1n) is 6.11. The Labute approximate surface area is 105 Å². The Morgan fingerprint density at radius 2 is 2.33 bits per heavy atom. The van der Waals surface area contributed by atoms with Crippen LogP contribution in [0.2, 0.25) is 0 Å². The fourth-order valence-electron chi connectivity index (χ4n) is 2.18. The van der Waals surface area contributed by atoms with Gasteiger partial charge in [0.2, 0.25) is 0 Å². The van der Waals surface area contributed by atoms with Crippen LogP contribution in [0.3, 0.4) is 0 Å². The minimum absolute atomic E-state index is 0.172. The number of ether oxygens (including phenoxy) is 1. The predicted molar refractivity (Wildman–Crippen MR) is 67.5 cm³/mol. The highest BCUT2D eigenvalue weighted by molar-refractivity contribution is 5.74. The highest BCUT2D eigenvalue weighted by Crippen LogP contribution is 2.26. The number of benzene rings is 1. The van der Waals surface area contributed by atoms with Crippen molar-refractivity contribution in [1.82, 2.24) is 4.98 Å². The second kappa shape index (κ2) is 4.26. The van der Waals surface area contributed by atoms with Gasteiger partial charge in [0.15, 0.2) is 5.58 Å². The van der Waals surface area contributed by atoms with E-state index in [9.17, 15) is 5.11 Å². The molecule has 0 radical (unpaired) electrons. The number of aliphatic hydroxyl groups is 1. The maximum absolute atomic E-state index is 10.3. The monoisotopic (exact) mass is 248 g/mol. The molecule has 2 unspecified atom stereocenters. The average Bonchev–Trinajstić information content (AvgIpc) is 2.92. The van der Waals surface area contributed by atoms with Gasteiger partial charge in [0.25, 0.3) is 6.01 Å². The van der Waals surface area contributed by atoms with Gasteiger partial charge in [0.05, 0.1) is 12.6 Å². The highest BCUT2D eigenvalue weighted by atomic mass is 16.5. The third-order valence-electron chi connectivity index (χ3n) is 3.50. The maximum atomic E-state index is 10.3. The van der Waals surface area contributed by atoms with Crippen molar-refractivity contribution >= 4 is 17.1 Å². The van der Waals surface area contributed by atoms with Crippen LogP contribution in [0.1, 0.15) is 13.3 Å². The summed E-state index contributed by atoms with van der Waals surface area (Å²) in [5.74, 6) is 0. The molecule has 0 saturated carbocycles. The Morgan fingerprint density at radius 3 is 3.06 bits per heavy atom. The lowest BCUT2D eigenvalue weighted by Gasteiger charge is -2.25. The van der Waals surface area contributed by atoms with Crippen LogP contribution in [0.5, 0.6) is 0 Å². The molecule has 0 aliphatic carbocycles. The molecule has 1 saturated heterocycles. The first-order valence-corrected chi connectivity index (χ1v) is 6.11. The van der Waals surface area contributed by atoms with Crippen LogP contribution in [0, 0.1) is 0 Å². The molecule has 96 valence electrons. The van der Waals surface area contributed by atoms with Gasteiger partial charge in [-0.1, -0.05) is 12.1 Å². The summed E-state index contributed by atoms with van der Waals surface area (Å²) >= 11 is 0. The first kappa shape index (κ1) is 11.5. The number of rotatable bonds is 3. The van der Waals surface area contributed by atoms with E-state index in [2.05, 4.69) is 10.3 Å². The summed E-state index contributed by atoms with van der Waals surface area (Å²) in [5, 5.41) is 13.4. The molecule has 5 heteroatoms. The van der Waals surface area contributed by atoms with Gasteiger partial charge in [-0.3, -0.25) is 0 Å². The third kappa shape index (κ3) is 1.95. The van der Waals surface area contributed by atoms with E-state index in [1.807, 2.05) is 31.2 Å². The van der Waals surface area contributed by atoms with Gasteiger partial charge in [-0.15, -0.1) is 0 Å². The average molecular weight is 248 g/mol. The van der Waals surface area contributed by atoms with Crippen molar-refractivity contribution < 1.29 is 14.3 Å². The fraction of sp³-hybridized carbons (Fsp3) is 0.462. The number of aromatic nitrogens is 1. The largest absolute Gasteiger partial charge is 0.424 e. The lowest BCUT2D eigenvalue weighted by atomic mass is 9.97. The predicted octanol–water partition coefficient (Wildman–Crippen LogP) is 1.78. The number of hydrogen-bond donors (Lipinski definition) is 2. The number of nitrogens with zero attached hydrogens (tertiary/aromatic N) is 1. The molecule has 1 aliphatic heterocycles. The van der Waals surface area contributed by atoms with Gasteiger partial charge in [-0.25, -0.2) is 0 Å². The molecule has 1 aromatic heterocycles. The number of anilines is 1. The molecule has 2 aromatic rings. The van der Waals surface area contributed by atoms with E-state index < -0.39 is 5.60 Å². The smallest absolute Gasteiger partial charge is 0.295 e.